The van der Waals surface area contributed by atoms with Gasteiger partial charge in [0, 0.05) is 38.6 Å². The lowest BCUT2D eigenvalue weighted by Gasteiger charge is -2.44. The van der Waals surface area contributed by atoms with Gasteiger partial charge >= 0.3 is 0 Å². The van der Waals surface area contributed by atoms with Gasteiger partial charge in [-0.25, -0.2) is 0 Å². The van der Waals surface area contributed by atoms with Gasteiger partial charge in [0.25, 0.3) is 0 Å². The number of carbonyl (C=O) groups excluding carboxylic acids is 1. The third-order valence-electron chi connectivity index (χ3n) is 5.14. The Morgan fingerprint density at radius 3 is 2.74 bits per heavy atom. The highest BCUT2D eigenvalue weighted by molar-refractivity contribution is 5.82. The van der Waals surface area contributed by atoms with Crippen molar-refractivity contribution in [3.05, 3.63) is 53.9 Å². The van der Waals surface area contributed by atoms with Gasteiger partial charge in [-0.3, -0.25) is 14.4 Å². The van der Waals surface area contributed by atoms with Crippen molar-refractivity contribution in [1.82, 2.24) is 19.6 Å². The number of hydrogen-bond donors (Lipinski definition) is 0. The molecule has 120 valence electrons. The van der Waals surface area contributed by atoms with Crippen LogP contribution < -0.4 is 0 Å². The highest BCUT2D eigenvalue weighted by atomic mass is 16.2. The second-order valence-corrected chi connectivity index (χ2v) is 6.55. The molecule has 2 aliphatic heterocycles. The monoisotopic (exact) mass is 310 g/mol. The average Bonchev–Trinajstić information content (AvgIpc) is 3.06. The molecule has 2 aliphatic rings. The fraction of sp³-hybridized carbons (Fsp3) is 0.444. The SMILES string of the molecule is CC(C(=O)N1CCc2ccccc2C1)N1CC(n2cccn2)C1. The van der Waals surface area contributed by atoms with Crippen molar-refractivity contribution in [3.63, 3.8) is 0 Å². The van der Waals surface area contributed by atoms with Gasteiger partial charge in [-0.05, 0) is 30.5 Å². The van der Waals surface area contributed by atoms with Gasteiger partial charge in [0.1, 0.15) is 0 Å². The normalized spacial score (nSPS) is 20.0. The number of rotatable bonds is 3. The Morgan fingerprint density at radius 2 is 2.00 bits per heavy atom. The quantitative estimate of drug-likeness (QED) is 0.867. The zero-order valence-electron chi connectivity index (χ0n) is 13.4. The van der Waals surface area contributed by atoms with Crippen molar-refractivity contribution >= 4 is 5.91 Å². The lowest BCUT2D eigenvalue weighted by Crippen LogP contribution is -2.57. The summed E-state index contributed by atoms with van der Waals surface area (Å²) in [5.74, 6) is 0.249. The molecule has 3 heterocycles. The van der Waals surface area contributed by atoms with Crippen LogP contribution in [-0.4, -0.2) is 51.2 Å². The molecule has 0 spiro atoms. The first-order valence-electron chi connectivity index (χ1n) is 8.31. The summed E-state index contributed by atoms with van der Waals surface area (Å²) in [6, 6.07) is 10.7. The highest BCUT2D eigenvalue weighted by Gasteiger charge is 2.36. The third-order valence-corrected chi connectivity index (χ3v) is 5.14. The van der Waals surface area contributed by atoms with Crippen LogP contribution in [0, 0.1) is 0 Å². The van der Waals surface area contributed by atoms with E-state index in [9.17, 15) is 4.79 Å². The minimum absolute atomic E-state index is 0.0490. The number of fused-ring (bicyclic) bond motifs is 1. The molecule has 1 aromatic heterocycles. The number of aromatic nitrogens is 2. The van der Waals surface area contributed by atoms with E-state index in [1.165, 1.54) is 11.1 Å². The van der Waals surface area contributed by atoms with Crippen LogP contribution in [0.25, 0.3) is 0 Å². The smallest absolute Gasteiger partial charge is 0.239 e. The summed E-state index contributed by atoms with van der Waals surface area (Å²) < 4.78 is 1.99. The van der Waals surface area contributed by atoms with Crippen molar-refractivity contribution in [3.8, 4) is 0 Å². The van der Waals surface area contributed by atoms with Crippen LogP contribution in [0.1, 0.15) is 24.1 Å². The molecular formula is C18H22N4O. The van der Waals surface area contributed by atoms with E-state index in [2.05, 4.69) is 34.3 Å². The van der Waals surface area contributed by atoms with E-state index in [0.29, 0.717) is 6.04 Å². The second kappa shape index (κ2) is 5.81. The topological polar surface area (TPSA) is 41.4 Å². The zero-order valence-corrected chi connectivity index (χ0v) is 13.4. The van der Waals surface area contributed by atoms with Crippen molar-refractivity contribution < 1.29 is 4.79 Å². The van der Waals surface area contributed by atoms with Crippen LogP contribution >= 0.6 is 0 Å². The molecule has 5 nitrogen and oxygen atoms in total. The molecule has 0 N–H and O–H groups in total. The number of hydrogen-bond acceptors (Lipinski definition) is 3. The van der Waals surface area contributed by atoms with Crippen LogP contribution in [0.5, 0.6) is 0 Å². The fourth-order valence-corrected chi connectivity index (χ4v) is 3.57. The Morgan fingerprint density at radius 1 is 1.22 bits per heavy atom. The summed E-state index contributed by atoms with van der Waals surface area (Å²) in [6.45, 7) is 5.41. The summed E-state index contributed by atoms with van der Waals surface area (Å²) in [7, 11) is 0. The van der Waals surface area contributed by atoms with Gasteiger partial charge < -0.3 is 4.90 Å². The standard InChI is InChI=1S/C18H22N4O/c1-14(21-12-17(13-21)22-9-4-8-19-22)18(23)20-10-7-15-5-2-3-6-16(15)11-20/h2-6,8-9,14,17H,7,10-13H2,1H3. The van der Waals surface area contributed by atoms with Crippen LogP contribution in [0.4, 0.5) is 0 Å². The summed E-state index contributed by atoms with van der Waals surface area (Å²) in [4.78, 5) is 17.1. The summed E-state index contributed by atoms with van der Waals surface area (Å²) in [6.07, 6.45) is 4.77. The molecule has 0 radical (unpaired) electrons. The van der Waals surface area contributed by atoms with Crippen LogP contribution in [-0.2, 0) is 17.8 Å². The average molecular weight is 310 g/mol. The molecule has 0 saturated carbocycles. The van der Waals surface area contributed by atoms with Gasteiger partial charge in [0.2, 0.25) is 5.91 Å². The van der Waals surface area contributed by atoms with Crippen molar-refractivity contribution in [1.29, 1.82) is 0 Å². The van der Waals surface area contributed by atoms with E-state index in [4.69, 9.17) is 0 Å². The van der Waals surface area contributed by atoms with Crippen LogP contribution in [0.15, 0.2) is 42.7 Å². The Bertz CT molecular complexity index is 691. The minimum atomic E-state index is -0.0490. The Balaban J connectivity index is 1.37. The second-order valence-electron chi connectivity index (χ2n) is 6.55. The van der Waals surface area contributed by atoms with E-state index in [-0.39, 0.29) is 11.9 Å². The van der Waals surface area contributed by atoms with E-state index in [1.807, 2.05) is 35.0 Å². The molecule has 1 unspecified atom stereocenters. The Hall–Kier alpha value is -2.14. The molecular weight excluding hydrogens is 288 g/mol. The van der Waals surface area contributed by atoms with Crippen molar-refractivity contribution in [2.45, 2.75) is 32.0 Å². The molecule has 1 amide bonds. The van der Waals surface area contributed by atoms with E-state index in [0.717, 1.165) is 32.6 Å². The first kappa shape index (κ1) is 14.5. The molecule has 5 heteroatoms. The van der Waals surface area contributed by atoms with Gasteiger partial charge in [-0.1, -0.05) is 24.3 Å². The van der Waals surface area contributed by atoms with Gasteiger partial charge in [-0.2, -0.15) is 5.10 Å². The molecule has 1 atom stereocenters. The molecule has 0 aliphatic carbocycles. The van der Waals surface area contributed by atoms with E-state index in [1.54, 1.807) is 0 Å². The summed E-state index contributed by atoms with van der Waals surface area (Å²) in [5, 5.41) is 4.29. The van der Waals surface area contributed by atoms with Crippen LogP contribution in [0.3, 0.4) is 0 Å². The minimum Gasteiger partial charge on any atom is -0.337 e. The van der Waals surface area contributed by atoms with Gasteiger partial charge in [0.05, 0.1) is 12.1 Å². The molecule has 2 aromatic rings. The maximum absolute atomic E-state index is 12.8. The summed E-state index contributed by atoms with van der Waals surface area (Å²) >= 11 is 0. The molecule has 4 rings (SSSR count). The summed E-state index contributed by atoms with van der Waals surface area (Å²) in [5.41, 5.74) is 2.67. The van der Waals surface area contributed by atoms with E-state index < -0.39 is 0 Å². The Labute approximate surface area is 136 Å². The zero-order chi connectivity index (χ0) is 15.8. The highest BCUT2D eigenvalue weighted by Crippen LogP contribution is 2.25. The molecule has 1 fully saturated rings. The largest absolute Gasteiger partial charge is 0.337 e. The molecule has 1 aromatic carbocycles. The lowest BCUT2D eigenvalue weighted by atomic mass is 9.98. The maximum Gasteiger partial charge on any atom is 0.239 e. The number of amides is 1. The molecule has 23 heavy (non-hydrogen) atoms. The molecule has 1 saturated heterocycles. The number of carbonyl (C=O) groups is 1. The lowest BCUT2D eigenvalue weighted by molar-refractivity contribution is -0.140. The predicted octanol–water partition coefficient (Wildman–Crippen LogP) is 1.71. The van der Waals surface area contributed by atoms with Gasteiger partial charge in [-0.15, -0.1) is 0 Å². The number of benzene rings is 1. The van der Waals surface area contributed by atoms with E-state index >= 15 is 0 Å². The number of likely N-dealkylation sites (tertiary alicyclic amines) is 1. The predicted molar refractivity (Wildman–Crippen MR) is 87.9 cm³/mol. The van der Waals surface area contributed by atoms with Crippen LogP contribution in [0.2, 0.25) is 0 Å². The molecule has 0 bridgehead atoms. The first-order valence-corrected chi connectivity index (χ1v) is 8.31. The Kier molecular flexibility index (Phi) is 3.65. The fourth-order valence-electron chi connectivity index (χ4n) is 3.57. The van der Waals surface area contributed by atoms with Gasteiger partial charge in [0.15, 0.2) is 0 Å². The third kappa shape index (κ3) is 2.65. The number of nitrogens with zero attached hydrogens (tertiary/aromatic N) is 4. The maximum atomic E-state index is 12.8. The van der Waals surface area contributed by atoms with Crippen molar-refractivity contribution in [2.24, 2.45) is 0 Å². The van der Waals surface area contributed by atoms with Crippen molar-refractivity contribution in [2.75, 3.05) is 19.6 Å². The first-order chi connectivity index (χ1) is 11.2.